The second-order valence-corrected chi connectivity index (χ2v) is 7.26. The second-order valence-electron chi connectivity index (χ2n) is 7.26. The molecule has 0 radical (unpaired) electrons. The van der Waals surface area contributed by atoms with Gasteiger partial charge in [0.2, 0.25) is 0 Å². The molecule has 2 aromatic carbocycles. The van der Waals surface area contributed by atoms with Crippen molar-refractivity contribution in [1.29, 1.82) is 0 Å². The fraction of sp³-hybridized carbons (Fsp3) is 0.318. The molecular formula is C22H22N2O5. The predicted octanol–water partition coefficient (Wildman–Crippen LogP) is 2.89. The van der Waals surface area contributed by atoms with Gasteiger partial charge >= 0.3 is 11.7 Å². The van der Waals surface area contributed by atoms with Crippen molar-refractivity contribution in [3.63, 3.8) is 0 Å². The van der Waals surface area contributed by atoms with E-state index in [2.05, 4.69) is 0 Å². The first kappa shape index (κ1) is 19.0. The van der Waals surface area contributed by atoms with Gasteiger partial charge in [-0.2, -0.15) is 0 Å². The highest BCUT2D eigenvalue weighted by molar-refractivity contribution is 5.99. The number of carbonyl (C=O) groups is 2. The Hall–Kier alpha value is -3.35. The molecule has 0 unspecified atom stereocenters. The summed E-state index contributed by atoms with van der Waals surface area (Å²) >= 11 is 0. The molecule has 0 N–H and O–H groups in total. The van der Waals surface area contributed by atoms with Gasteiger partial charge in [0.05, 0.1) is 11.9 Å². The van der Waals surface area contributed by atoms with E-state index in [1.54, 1.807) is 36.1 Å². The Morgan fingerprint density at radius 2 is 1.90 bits per heavy atom. The zero-order chi connectivity index (χ0) is 20.5. The number of amides is 1. The van der Waals surface area contributed by atoms with Crippen molar-refractivity contribution in [3.05, 3.63) is 64.6 Å². The molecule has 0 saturated heterocycles. The highest BCUT2D eigenvalue weighted by Gasteiger charge is 2.34. The van der Waals surface area contributed by atoms with Gasteiger partial charge in [-0.1, -0.05) is 30.3 Å². The van der Waals surface area contributed by atoms with Gasteiger partial charge in [0, 0.05) is 18.3 Å². The molecule has 0 bridgehead atoms. The topological polar surface area (TPSA) is 81.7 Å². The van der Waals surface area contributed by atoms with Gasteiger partial charge in [-0.15, -0.1) is 0 Å². The van der Waals surface area contributed by atoms with Crippen molar-refractivity contribution in [3.8, 4) is 0 Å². The van der Waals surface area contributed by atoms with E-state index in [9.17, 15) is 14.4 Å². The molecule has 7 heteroatoms. The quantitative estimate of drug-likeness (QED) is 0.622. The van der Waals surface area contributed by atoms with Crippen LogP contribution in [0.1, 0.15) is 25.8 Å². The Morgan fingerprint density at radius 3 is 2.72 bits per heavy atom. The summed E-state index contributed by atoms with van der Waals surface area (Å²) in [5.74, 6) is -1.31. The van der Waals surface area contributed by atoms with Gasteiger partial charge in [0.15, 0.2) is 11.7 Å². The highest BCUT2D eigenvalue weighted by atomic mass is 16.5. The number of carbonyl (C=O) groups excluding carboxylic acids is 2. The first-order valence-electron chi connectivity index (χ1n) is 9.64. The Bertz CT molecular complexity index is 1130. The molecule has 2 atom stereocenters. The van der Waals surface area contributed by atoms with Gasteiger partial charge in [-0.05, 0) is 44.0 Å². The summed E-state index contributed by atoms with van der Waals surface area (Å²) in [7, 11) is 0. The van der Waals surface area contributed by atoms with Crippen LogP contribution in [0.3, 0.4) is 0 Å². The Balaban J connectivity index is 1.40. The molecule has 0 fully saturated rings. The lowest BCUT2D eigenvalue weighted by Crippen LogP contribution is -2.43. The standard InChI is InChI=1S/C22H22N2O5/c1-14-13-16-7-3-4-8-17(16)24(14)21(26)15(2)28-20(25)11-12-23-18-9-5-6-10-19(18)29-22(23)27/h3-10,14-15H,11-13H2,1-2H3/t14-,15+/m1/s1. The maximum absolute atomic E-state index is 12.9. The number of esters is 1. The number of hydrogen-bond donors (Lipinski definition) is 0. The number of anilines is 1. The van der Waals surface area contributed by atoms with Crippen LogP contribution < -0.4 is 10.7 Å². The summed E-state index contributed by atoms with van der Waals surface area (Å²) in [4.78, 5) is 38.9. The number of aryl methyl sites for hydroxylation is 1. The molecule has 1 aliphatic heterocycles. The molecule has 150 valence electrons. The maximum atomic E-state index is 12.9. The third-order valence-electron chi connectivity index (χ3n) is 5.21. The predicted molar refractivity (Wildman–Crippen MR) is 108 cm³/mol. The lowest BCUT2D eigenvalue weighted by Gasteiger charge is -2.25. The van der Waals surface area contributed by atoms with Crippen LogP contribution in [0.25, 0.3) is 11.1 Å². The molecule has 1 aromatic heterocycles. The lowest BCUT2D eigenvalue weighted by molar-refractivity contribution is -0.154. The van der Waals surface area contributed by atoms with E-state index in [-0.39, 0.29) is 24.9 Å². The Morgan fingerprint density at radius 1 is 1.17 bits per heavy atom. The van der Waals surface area contributed by atoms with Crippen molar-refractivity contribution in [2.24, 2.45) is 0 Å². The average Bonchev–Trinajstić information content (AvgIpc) is 3.20. The number of aromatic nitrogens is 1. The number of benzene rings is 2. The van der Waals surface area contributed by atoms with Crippen LogP contribution in [-0.4, -0.2) is 28.6 Å². The van der Waals surface area contributed by atoms with Crippen molar-refractivity contribution in [1.82, 2.24) is 4.57 Å². The van der Waals surface area contributed by atoms with Crippen LogP contribution in [-0.2, 0) is 27.3 Å². The fourth-order valence-electron chi connectivity index (χ4n) is 3.83. The van der Waals surface area contributed by atoms with Crippen LogP contribution in [0, 0.1) is 0 Å². The summed E-state index contributed by atoms with van der Waals surface area (Å²) in [6, 6.07) is 14.8. The van der Waals surface area contributed by atoms with Crippen molar-refractivity contribution in [2.45, 2.75) is 45.4 Å². The number of ether oxygens (including phenoxy) is 1. The molecular weight excluding hydrogens is 372 g/mol. The normalized spacial score (nSPS) is 16.6. The largest absolute Gasteiger partial charge is 0.452 e. The number of fused-ring (bicyclic) bond motifs is 2. The highest BCUT2D eigenvalue weighted by Crippen LogP contribution is 2.32. The number of hydrogen-bond acceptors (Lipinski definition) is 5. The monoisotopic (exact) mass is 394 g/mol. The van der Waals surface area contributed by atoms with Crippen molar-refractivity contribution in [2.75, 3.05) is 4.90 Å². The minimum Gasteiger partial charge on any atom is -0.452 e. The van der Waals surface area contributed by atoms with E-state index in [0.717, 1.165) is 17.7 Å². The molecule has 0 saturated carbocycles. The Labute approximate surface area is 167 Å². The van der Waals surface area contributed by atoms with Crippen LogP contribution in [0.15, 0.2) is 57.7 Å². The van der Waals surface area contributed by atoms with Gasteiger partial charge in [-0.3, -0.25) is 14.2 Å². The van der Waals surface area contributed by atoms with Crippen LogP contribution in [0.5, 0.6) is 0 Å². The van der Waals surface area contributed by atoms with Crippen LogP contribution >= 0.6 is 0 Å². The average molecular weight is 394 g/mol. The zero-order valence-corrected chi connectivity index (χ0v) is 16.3. The van der Waals surface area contributed by atoms with E-state index >= 15 is 0 Å². The van der Waals surface area contributed by atoms with E-state index in [0.29, 0.717) is 11.1 Å². The minimum atomic E-state index is -0.908. The zero-order valence-electron chi connectivity index (χ0n) is 16.3. The lowest BCUT2D eigenvalue weighted by atomic mass is 10.1. The first-order valence-corrected chi connectivity index (χ1v) is 9.64. The summed E-state index contributed by atoms with van der Waals surface area (Å²) < 4.78 is 11.9. The maximum Gasteiger partial charge on any atom is 0.419 e. The molecule has 4 rings (SSSR count). The number of para-hydroxylation sites is 3. The molecule has 0 aliphatic carbocycles. The minimum absolute atomic E-state index is 0.0110. The van der Waals surface area contributed by atoms with Gasteiger partial charge in [0.1, 0.15) is 0 Å². The molecule has 29 heavy (non-hydrogen) atoms. The summed E-state index contributed by atoms with van der Waals surface area (Å²) in [5.41, 5.74) is 3.07. The van der Waals surface area contributed by atoms with Gasteiger partial charge < -0.3 is 14.1 Å². The number of nitrogens with zero attached hydrogens (tertiary/aromatic N) is 2. The Kier molecular flexibility index (Phi) is 4.96. The smallest absolute Gasteiger partial charge is 0.419 e. The van der Waals surface area contributed by atoms with Crippen LogP contribution in [0.4, 0.5) is 5.69 Å². The van der Waals surface area contributed by atoms with Gasteiger partial charge in [0.25, 0.3) is 5.91 Å². The third-order valence-corrected chi connectivity index (χ3v) is 5.21. The molecule has 1 amide bonds. The second kappa shape index (κ2) is 7.58. The molecule has 7 nitrogen and oxygen atoms in total. The summed E-state index contributed by atoms with van der Waals surface area (Å²) in [6.45, 7) is 3.68. The van der Waals surface area contributed by atoms with Gasteiger partial charge in [-0.25, -0.2) is 4.79 Å². The molecule has 0 spiro atoms. The molecule has 2 heterocycles. The van der Waals surface area contributed by atoms with Crippen LogP contribution in [0.2, 0.25) is 0 Å². The number of rotatable bonds is 5. The fourth-order valence-corrected chi connectivity index (χ4v) is 3.83. The summed E-state index contributed by atoms with van der Waals surface area (Å²) in [5, 5.41) is 0. The molecule has 1 aliphatic rings. The molecule has 3 aromatic rings. The number of oxazole rings is 1. The van der Waals surface area contributed by atoms with Crippen molar-refractivity contribution < 1.29 is 18.7 Å². The van der Waals surface area contributed by atoms with E-state index in [4.69, 9.17) is 9.15 Å². The summed E-state index contributed by atoms with van der Waals surface area (Å²) in [6.07, 6.45) is -0.166. The third kappa shape index (κ3) is 3.55. The SMILES string of the molecule is C[C@H](OC(=O)CCn1c(=O)oc2ccccc21)C(=O)N1c2ccccc2C[C@H]1C. The van der Waals surface area contributed by atoms with E-state index < -0.39 is 17.8 Å². The first-order chi connectivity index (χ1) is 14.0. The van der Waals surface area contributed by atoms with E-state index in [1.165, 1.54) is 4.57 Å². The van der Waals surface area contributed by atoms with Crippen molar-refractivity contribution >= 4 is 28.7 Å². The van der Waals surface area contributed by atoms with E-state index in [1.807, 2.05) is 31.2 Å².